The molecule has 2 N–H and O–H groups in total. The van der Waals surface area contributed by atoms with Crippen LogP contribution in [0.3, 0.4) is 0 Å². The molecule has 0 bridgehead atoms. The van der Waals surface area contributed by atoms with Gasteiger partial charge in [-0.15, -0.1) is 0 Å². The van der Waals surface area contributed by atoms with Crippen molar-refractivity contribution in [3.63, 3.8) is 0 Å². The van der Waals surface area contributed by atoms with Crippen molar-refractivity contribution in [2.75, 3.05) is 13.1 Å². The zero-order valence-corrected chi connectivity index (χ0v) is 9.31. The molecule has 1 aromatic rings. The third-order valence-electron chi connectivity index (χ3n) is 2.75. The smallest absolute Gasteiger partial charge is 0.128 e. The fourth-order valence-electron chi connectivity index (χ4n) is 1.95. The third-order valence-corrected chi connectivity index (χ3v) is 2.98. The first kappa shape index (κ1) is 10.9. The summed E-state index contributed by atoms with van der Waals surface area (Å²) in [5.74, 6) is -0.201. The molecule has 82 valence electrons. The van der Waals surface area contributed by atoms with E-state index < -0.39 is 0 Å². The van der Waals surface area contributed by atoms with E-state index >= 15 is 0 Å². The van der Waals surface area contributed by atoms with Gasteiger partial charge in [0.1, 0.15) is 5.82 Å². The van der Waals surface area contributed by atoms with Crippen LogP contribution in [0.15, 0.2) is 18.2 Å². The van der Waals surface area contributed by atoms with Crippen molar-refractivity contribution in [2.45, 2.75) is 19.0 Å². The molecule has 2 atom stereocenters. The molecule has 0 spiro atoms. The van der Waals surface area contributed by atoms with Gasteiger partial charge in [0.05, 0.1) is 6.04 Å². The van der Waals surface area contributed by atoms with Crippen LogP contribution >= 0.6 is 11.6 Å². The fraction of sp³-hybridized carbons (Fsp3) is 0.455. The minimum Gasteiger partial charge on any atom is -0.311 e. The Morgan fingerprint density at radius 1 is 1.33 bits per heavy atom. The minimum absolute atomic E-state index is 0.00236. The average molecular weight is 229 g/mol. The molecule has 1 fully saturated rings. The molecule has 15 heavy (non-hydrogen) atoms. The molecule has 1 aliphatic rings. The number of hydrogen-bond donors (Lipinski definition) is 2. The maximum Gasteiger partial charge on any atom is 0.128 e. The largest absolute Gasteiger partial charge is 0.311 e. The Kier molecular flexibility index (Phi) is 3.24. The number of benzene rings is 1. The summed E-state index contributed by atoms with van der Waals surface area (Å²) >= 11 is 5.87. The van der Waals surface area contributed by atoms with Crippen LogP contribution in [0.2, 0.25) is 5.02 Å². The summed E-state index contributed by atoms with van der Waals surface area (Å²) in [5, 5.41) is 7.17. The second-order valence-corrected chi connectivity index (χ2v) is 4.28. The number of halogens is 2. The first-order chi connectivity index (χ1) is 7.18. The highest BCUT2D eigenvalue weighted by atomic mass is 35.5. The van der Waals surface area contributed by atoms with Crippen LogP contribution in [-0.2, 0) is 0 Å². The van der Waals surface area contributed by atoms with Gasteiger partial charge >= 0.3 is 0 Å². The SMILES string of the molecule is CC1NCCNC1c1cc(Cl)ccc1F. The predicted octanol–water partition coefficient (Wildman–Crippen LogP) is 2.10. The lowest BCUT2D eigenvalue weighted by Gasteiger charge is -2.31. The van der Waals surface area contributed by atoms with Gasteiger partial charge in [0.15, 0.2) is 0 Å². The van der Waals surface area contributed by atoms with E-state index in [1.165, 1.54) is 6.07 Å². The molecule has 0 aromatic heterocycles. The van der Waals surface area contributed by atoms with E-state index in [1.807, 2.05) is 6.92 Å². The topological polar surface area (TPSA) is 24.1 Å². The average Bonchev–Trinajstić information content (AvgIpc) is 2.23. The quantitative estimate of drug-likeness (QED) is 0.769. The highest BCUT2D eigenvalue weighted by molar-refractivity contribution is 6.30. The van der Waals surface area contributed by atoms with Gasteiger partial charge in [-0.2, -0.15) is 0 Å². The lowest BCUT2D eigenvalue weighted by molar-refractivity contribution is 0.337. The number of rotatable bonds is 1. The number of hydrogen-bond acceptors (Lipinski definition) is 2. The van der Waals surface area contributed by atoms with Crippen LogP contribution in [0.4, 0.5) is 4.39 Å². The molecule has 1 saturated heterocycles. The van der Waals surface area contributed by atoms with Gasteiger partial charge in [-0.1, -0.05) is 11.6 Å². The highest BCUT2D eigenvalue weighted by Crippen LogP contribution is 2.24. The van der Waals surface area contributed by atoms with E-state index in [1.54, 1.807) is 12.1 Å². The number of piperazine rings is 1. The monoisotopic (exact) mass is 228 g/mol. The van der Waals surface area contributed by atoms with Crippen molar-refractivity contribution in [3.05, 3.63) is 34.6 Å². The lowest BCUT2D eigenvalue weighted by Crippen LogP contribution is -2.49. The molecule has 1 aromatic carbocycles. The first-order valence-corrected chi connectivity index (χ1v) is 5.48. The summed E-state index contributed by atoms with van der Waals surface area (Å²) in [6.45, 7) is 3.80. The second kappa shape index (κ2) is 4.47. The maximum absolute atomic E-state index is 13.6. The maximum atomic E-state index is 13.6. The second-order valence-electron chi connectivity index (χ2n) is 3.84. The minimum atomic E-state index is -0.201. The van der Waals surface area contributed by atoms with Crippen LogP contribution in [0, 0.1) is 5.82 Å². The molecule has 0 aliphatic carbocycles. The van der Waals surface area contributed by atoms with E-state index in [0.717, 1.165) is 13.1 Å². The van der Waals surface area contributed by atoms with Crippen LogP contribution in [-0.4, -0.2) is 19.1 Å². The molecule has 0 radical (unpaired) electrons. The zero-order valence-electron chi connectivity index (χ0n) is 8.56. The molecule has 1 aliphatic heterocycles. The fourth-order valence-corrected chi connectivity index (χ4v) is 2.13. The van der Waals surface area contributed by atoms with Crippen LogP contribution in [0.25, 0.3) is 0 Å². The van der Waals surface area contributed by atoms with E-state index in [4.69, 9.17) is 11.6 Å². The van der Waals surface area contributed by atoms with Crippen LogP contribution in [0.1, 0.15) is 18.5 Å². The molecule has 0 amide bonds. The van der Waals surface area contributed by atoms with Gasteiger partial charge < -0.3 is 10.6 Å². The van der Waals surface area contributed by atoms with E-state index in [-0.39, 0.29) is 17.9 Å². The van der Waals surface area contributed by atoms with Gasteiger partial charge in [-0.05, 0) is 25.1 Å². The van der Waals surface area contributed by atoms with Crippen molar-refractivity contribution >= 4 is 11.6 Å². The first-order valence-electron chi connectivity index (χ1n) is 5.10. The van der Waals surface area contributed by atoms with Crippen molar-refractivity contribution in [1.29, 1.82) is 0 Å². The summed E-state index contributed by atoms with van der Waals surface area (Å²) in [4.78, 5) is 0. The lowest BCUT2D eigenvalue weighted by atomic mass is 9.98. The van der Waals surface area contributed by atoms with Gasteiger partial charge in [-0.3, -0.25) is 0 Å². The van der Waals surface area contributed by atoms with Crippen molar-refractivity contribution in [3.8, 4) is 0 Å². The summed E-state index contributed by atoms with van der Waals surface area (Å²) in [7, 11) is 0. The van der Waals surface area contributed by atoms with Gasteiger partial charge in [0.25, 0.3) is 0 Å². The van der Waals surface area contributed by atoms with E-state index in [9.17, 15) is 4.39 Å². The Balaban J connectivity index is 2.30. The van der Waals surface area contributed by atoms with Crippen molar-refractivity contribution < 1.29 is 4.39 Å². The van der Waals surface area contributed by atoms with Crippen LogP contribution < -0.4 is 10.6 Å². The summed E-state index contributed by atoms with van der Waals surface area (Å²) < 4.78 is 13.6. The molecule has 2 rings (SSSR count). The summed E-state index contributed by atoms with van der Waals surface area (Å²) in [6, 6.07) is 4.89. The summed E-state index contributed by atoms with van der Waals surface area (Å²) in [5.41, 5.74) is 0.641. The molecule has 0 saturated carbocycles. The Hall–Kier alpha value is -0.640. The Morgan fingerprint density at radius 3 is 2.80 bits per heavy atom. The summed E-state index contributed by atoms with van der Waals surface area (Å²) in [6.07, 6.45) is 0. The highest BCUT2D eigenvalue weighted by Gasteiger charge is 2.24. The van der Waals surface area contributed by atoms with Gasteiger partial charge in [-0.25, -0.2) is 4.39 Å². The standard InChI is InChI=1S/C11H14ClFN2/c1-7-11(15-5-4-14-7)9-6-8(12)2-3-10(9)13/h2-3,6-7,11,14-15H,4-5H2,1H3. The Labute approximate surface area is 93.8 Å². The predicted molar refractivity (Wildman–Crippen MR) is 59.6 cm³/mol. The normalized spacial score (nSPS) is 26.6. The van der Waals surface area contributed by atoms with Crippen molar-refractivity contribution in [1.82, 2.24) is 10.6 Å². The van der Waals surface area contributed by atoms with E-state index in [2.05, 4.69) is 10.6 Å². The molecular weight excluding hydrogens is 215 g/mol. The Morgan fingerprint density at radius 2 is 2.07 bits per heavy atom. The zero-order chi connectivity index (χ0) is 10.8. The van der Waals surface area contributed by atoms with Crippen LogP contribution in [0.5, 0.6) is 0 Å². The molecule has 1 heterocycles. The molecule has 2 unspecified atom stereocenters. The number of nitrogens with one attached hydrogen (secondary N) is 2. The van der Waals surface area contributed by atoms with Crippen molar-refractivity contribution in [2.24, 2.45) is 0 Å². The Bertz CT molecular complexity index is 356. The molecule has 2 nitrogen and oxygen atoms in total. The third kappa shape index (κ3) is 2.30. The molecule has 4 heteroatoms. The van der Waals surface area contributed by atoms with Gasteiger partial charge in [0.2, 0.25) is 0 Å². The van der Waals surface area contributed by atoms with Gasteiger partial charge in [0, 0.05) is 29.7 Å². The van der Waals surface area contributed by atoms with E-state index in [0.29, 0.717) is 10.6 Å². The molecular formula is C11H14ClFN2.